The Balaban J connectivity index is 2.65. The number of aryl methyl sites for hydroxylation is 1. The second-order valence-electron chi connectivity index (χ2n) is 2.77. The van der Waals surface area contributed by atoms with E-state index in [-0.39, 0.29) is 11.9 Å². The lowest BCUT2D eigenvalue weighted by atomic mass is 10.4. The van der Waals surface area contributed by atoms with Gasteiger partial charge in [0.25, 0.3) is 5.91 Å². The quantitative estimate of drug-likeness (QED) is 0.747. The zero-order valence-electron chi connectivity index (χ0n) is 7.29. The largest absolute Gasteiger partial charge is 0.348 e. The molecule has 0 aliphatic carbocycles. The Morgan fingerprint density at radius 3 is 2.67 bits per heavy atom. The van der Waals surface area contributed by atoms with Crippen LogP contribution in [0.2, 0.25) is 0 Å². The molecule has 0 saturated heterocycles. The first-order valence-electron chi connectivity index (χ1n) is 3.71. The molecule has 0 saturated carbocycles. The highest BCUT2D eigenvalue weighted by atomic mass is 32.1. The van der Waals surface area contributed by atoms with E-state index >= 15 is 0 Å². The van der Waals surface area contributed by atoms with Gasteiger partial charge in [-0.25, -0.2) is 4.98 Å². The van der Waals surface area contributed by atoms with Gasteiger partial charge in [-0.1, -0.05) is 0 Å². The molecule has 1 amide bonds. The monoisotopic (exact) mass is 185 g/mol. The summed E-state index contributed by atoms with van der Waals surface area (Å²) in [6, 6.07) is 0.140. The molecule has 1 aromatic heterocycles. The van der Waals surface area contributed by atoms with E-state index in [4.69, 9.17) is 0 Å². The molecule has 0 aliphatic heterocycles. The number of rotatable bonds is 2. The summed E-state index contributed by atoms with van der Waals surface area (Å²) in [5.41, 5.74) is 0. The highest BCUT2D eigenvalue weighted by molar-refractivity contribution is 7.07. The van der Waals surface area contributed by atoms with Gasteiger partial charge in [0.1, 0.15) is 5.82 Å². The Kier molecular flexibility index (Phi) is 2.75. The summed E-state index contributed by atoms with van der Waals surface area (Å²) >= 11 is 1.13. The Hall–Kier alpha value is -0.970. The first kappa shape index (κ1) is 9.12. The molecule has 5 heteroatoms. The van der Waals surface area contributed by atoms with Gasteiger partial charge in [0.15, 0.2) is 0 Å². The van der Waals surface area contributed by atoms with E-state index in [2.05, 4.69) is 14.7 Å². The van der Waals surface area contributed by atoms with Crippen LogP contribution in [0.5, 0.6) is 0 Å². The van der Waals surface area contributed by atoms with Gasteiger partial charge < -0.3 is 5.32 Å². The molecule has 66 valence electrons. The average Bonchev–Trinajstić information content (AvgIpc) is 2.34. The molecular formula is C7H11N3OS. The molecule has 0 aliphatic rings. The van der Waals surface area contributed by atoms with Gasteiger partial charge in [0.05, 0.1) is 0 Å². The second kappa shape index (κ2) is 3.62. The molecular weight excluding hydrogens is 174 g/mol. The maximum absolute atomic E-state index is 11.3. The molecule has 1 N–H and O–H groups in total. The Bertz CT molecular complexity index is 282. The summed E-state index contributed by atoms with van der Waals surface area (Å²) in [4.78, 5) is 15.2. The molecule has 1 rings (SSSR count). The van der Waals surface area contributed by atoms with Crippen LogP contribution < -0.4 is 5.32 Å². The van der Waals surface area contributed by atoms with Gasteiger partial charge >= 0.3 is 0 Å². The zero-order chi connectivity index (χ0) is 9.14. The topological polar surface area (TPSA) is 54.9 Å². The first-order valence-corrected chi connectivity index (χ1v) is 4.48. The molecule has 0 atom stereocenters. The van der Waals surface area contributed by atoms with E-state index in [0.29, 0.717) is 10.8 Å². The zero-order valence-corrected chi connectivity index (χ0v) is 8.10. The van der Waals surface area contributed by atoms with Crippen LogP contribution in [-0.2, 0) is 0 Å². The van der Waals surface area contributed by atoms with Crippen LogP contribution in [0.25, 0.3) is 0 Å². The highest BCUT2D eigenvalue weighted by Crippen LogP contribution is 2.03. The van der Waals surface area contributed by atoms with Crippen LogP contribution in [0.4, 0.5) is 0 Å². The fraction of sp³-hybridized carbons (Fsp3) is 0.571. The van der Waals surface area contributed by atoms with E-state index < -0.39 is 0 Å². The van der Waals surface area contributed by atoms with Gasteiger partial charge in [0.2, 0.25) is 5.01 Å². The van der Waals surface area contributed by atoms with Crippen LogP contribution in [0.3, 0.4) is 0 Å². The molecule has 1 heterocycles. The van der Waals surface area contributed by atoms with Crippen molar-refractivity contribution in [2.24, 2.45) is 0 Å². The van der Waals surface area contributed by atoms with Gasteiger partial charge in [-0.05, 0) is 32.3 Å². The number of carbonyl (C=O) groups is 1. The van der Waals surface area contributed by atoms with E-state index in [9.17, 15) is 4.79 Å². The lowest BCUT2D eigenvalue weighted by Crippen LogP contribution is -2.29. The summed E-state index contributed by atoms with van der Waals surface area (Å²) in [6.45, 7) is 5.58. The van der Waals surface area contributed by atoms with Crippen LogP contribution in [0.1, 0.15) is 29.5 Å². The maximum atomic E-state index is 11.3. The van der Waals surface area contributed by atoms with E-state index in [1.165, 1.54) is 0 Å². The van der Waals surface area contributed by atoms with Crippen molar-refractivity contribution in [3.8, 4) is 0 Å². The smallest absolute Gasteiger partial charge is 0.282 e. The highest BCUT2D eigenvalue weighted by Gasteiger charge is 2.10. The third-order valence-corrected chi connectivity index (χ3v) is 1.95. The first-order chi connectivity index (χ1) is 5.59. The average molecular weight is 185 g/mol. The summed E-state index contributed by atoms with van der Waals surface area (Å²) in [6.07, 6.45) is 0. The van der Waals surface area contributed by atoms with Gasteiger partial charge in [-0.2, -0.15) is 4.37 Å². The van der Waals surface area contributed by atoms with Crippen LogP contribution >= 0.6 is 11.5 Å². The summed E-state index contributed by atoms with van der Waals surface area (Å²) < 4.78 is 3.91. The van der Waals surface area contributed by atoms with Crippen LogP contribution in [-0.4, -0.2) is 21.3 Å². The number of carbonyl (C=O) groups excluding carboxylic acids is 1. The summed E-state index contributed by atoms with van der Waals surface area (Å²) in [7, 11) is 0. The number of aromatic nitrogens is 2. The molecule has 0 unspecified atom stereocenters. The standard InChI is InChI=1S/C7H11N3OS/c1-4(2)8-6(11)7-9-5(3)10-12-7/h4H,1-3H3,(H,8,11). The van der Waals surface area contributed by atoms with E-state index in [1.54, 1.807) is 6.92 Å². The van der Waals surface area contributed by atoms with Crippen molar-refractivity contribution >= 4 is 17.4 Å². The number of hydrogen-bond acceptors (Lipinski definition) is 4. The fourth-order valence-electron chi connectivity index (χ4n) is 0.713. The van der Waals surface area contributed by atoms with Crippen molar-refractivity contribution < 1.29 is 4.79 Å². The van der Waals surface area contributed by atoms with Crippen molar-refractivity contribution in [2.45, 2.75) is 26.8 Å². The van der Waals surface area contributed by atoms with Crippen molar-refractivity contribution in [2.75, 3.05) is 0 Å². The van der Waals surface area contributed by atoms with Crippen molar-refractivity contribution in [1.29, 1.82) is 0 Å². The number of nitrogens with one attached hydrogen (secondary N) is 1. The maximum Gasteiger partial charge on any atom is 0.282 e. The molecule has 0 radical (unpaired) electrons. The van der Waals surface area contributed by atoms with Crippen molar-refractivity contribution in [3.05, 3.63) is 10.8 Å². The lowest BCUT2D eigenvalue weighted by molar-refractivity contribution is 0.0942. The van der Waals surface area contributed by atoms with Crippen molar-refractivity contribution in [1.82, 2.24) is 14.7 Å². The number of amides is 1. The van der Waals surface area contributed by atoms with Gasteiger partial charge in [-0.15, -0.1) is 0 Å². The molecule has 12 heavy (non-hydrogen) atoms. The Morgan fingerprint density at radius 1 is 1.58 bits per heavy atom. The lowest BCUT2D eigenvalue weighted by Gasteiger charge is -2.04. The van der Waals surface area contributed by atoms with Crippen molar-refractivity contribution in [3.63, 3.8) is 0 Å². The Labute approximate surface area is 75.2 Å². The van der Waals surface area contributed by atoms with Crippen LogP contribution in [0.15, 0.2) is 0 Å². The number of hydrogen-bond donors (Lipinski definition) is 1. The minimum Gasteiger partial charge on any atom is -0.348 e. The summed E-state index contributed by atoms with van der Waals surface area (Å²) in [5, 5.41) is 3.17. The van der Waals surface area contributed by atoms with E-state index in [0.717, 1.165) is 11.5 Å². The molecule has 4 nitrogen and oxygen atoms in total. The van der Waals surface area contributed by atoms with Crippen LogP contribution in [0, 0.1) is 6.92 Å². The van der Waals surface area contributed by atoms with E-state index in [1.807, 2.05) is 13.8 Å². The minimum atomic E-state index is -0.143. The second-order valence-corrected chi connectivity index (χ2v) is 3.53. The predicted molar refractivity (Wildman–Crippen MR) is 47.2 cm³/mol. The fourth-order valence-corrected chi connectivity index (χ4v) is 1.29. The predicted octanol–water partition coefficient (Wildman–Crippen LogP) is 0.985. The SMILES string of the molecule is Cc1nsc(C(=O)NC(C)C)n1. The van der Waals surface area contributed by atoms with Gasteiger partial charge in [0, 0.05) is 6.04 Å². The number of nitrogens with zero attached hydrogens (tertiary/aromatic N) is 2. The normalized spacial score (nSPS) is 10.3. The summed E-state index contributed by atoms with van der Waals surface area (Å²) in [5.74, 6) is 0.504. The molecule has 0 fully saturated rings. The Morgan fingerprint density at radius 2 is 2.25 bits per heavy atom. The molecule has 0 spiro atoms. The third kappa shape index (κ3) is 2.27. The molecule has 0 bridgehead atoms. The third-order valence-electron chi connectivity index (χ3n) is 1.14. The minimum absolute atomic E-state index is 0.140. The molecule has 0 aromatic carbocycles. The van der Waals surface area contributed by atoms with Gasteiger partial charge in [-0.3, -0.25) is 4.79 Å². The molecule has 1 aromatic rings.